The number of primary sulfonamides is 1. The number of rotatable bonds is 6. The molecule has 0 radical (unpaired) electrons. The fraction of sp³-hybridized carbons (Fsp3) is 0.222. The number of hydrogen-bond acceptors (Lipinski definition) is 5. The summed E-state index contributed by atoms with van der Waals surface area (Å²) in [5.41, 5.74) is 1.68. The van der Waals surface area contributed by atoms with Crippen molar-refractivity contribution >= 4 is 67.6 Å². The highest BCUT2D eigenvalue weighted by Gasteiger charge is 2.21. The van der Waals surface area contributed by atoms with Gasteiger partial charge in [-0.05, 0) is 44.2 Å². The number of sulfonamides is 1. The van der Waals surface area contributed by atoms with Crippen molar-refractivity contribution in [2.75, 3.05) is 5.32 Å². The van der Waals surface area contributed by atoms with Crippen molar-refractivity contribution in [2.24, 2.45) is 5.14 Å². The molecule has 0 aliphatic heterocycles. The lowest BCUT2D eigenvalue weighted by Crippen LogP contribution is -2.23. The van der Waals surface area contributed by atoms with Crippen molar-refractivity contribution < 1.29 is 13.2 Å². The van der Waals surface area contributed by atoms with Gasteiger partial charge in [0.05, 0.1) is 36.9 Å². The number of hydrogen-bond donors (Lipinski definition) is 2. The number of benzene rings is 2. The number of anilines is 1. The quantitative estimate of drug-likeness (QED) is 0.524. The van der Waals surface area contributed by atoms with Crippen LogP contribution < -0.4 is 10.5 Å². The monoisotopic (exact) mass is 472 g/mol. The van der Waals surface area contributed by atoms with E-state index < -0.39 is 15.3 Å². The molecule has 0 aliphatic carbocycles. The summed E-state index contributed by atoms with van der Waals surface area (Å²) in [7, 11) is -3.83. The van der Waals surface area contributed by atoms with E-state index in [0.29, 0.717) is 27.9 Å². The number of nitrogens with zero attached hydrogens (tertiary/aromatic N) is 2. The average Bonchev–Trinajstić information content (AvgIpc) is 3.00. The first-order valence-corrected chi connectivity index (χ1v) is 11.7. The molecule has 0 saturated heterocycles. The number of carbonyl (C=O) groups is 1. The molecule has 154 valence electrons. The van der Waals surface area contributed by atoms with Crippen LogP contribution in [0, 0.1) is 0 Å². The third-order valence-electron chi connectivity index (χ3n) is 4.19. The van der Waals surface area contributed by atoms with Crippen molar-refractivity contribution in [3.8, 4) is 0 Å². The molecule has 1 aromatic heterocycles. The van der Waals surface area contributed by atoms with Crippen molar-refractivity contribution in [2.45, 2.75) is 35.7 Å². The lowest BCUT2D eigenvalue weighted by molar-refractivity contribution is -0.115. The molecule has 1 amide bonds. The maximum Gasteiger partial charge on any atom is 0.238 e. The standard InChI is InChI=1S/C18H18Cl2N4O3S2/c1-3-24-15-8-7-11(29(21,26)27)9-14(15)23-18(24)28-10(2)17(25)22-13-6-4-5-12(19)16(13)20/h4-10H,3H2,1-2H3,(H,22,25)(H2,21,26,27). The zero-order valence-electron chi connectivity index (χ0n) is 15.5. The maximum absolute atomic E-state index is 12.6. The Morgan fingerprint density at radius 3 is 2.69 bits per heavy atom. The molecule has 0 bridgehead atoms. The smallest absolute Gasteiger partial charge is 0.238 e. The molecule has 1 atom stereocenters. The highest BCUT2D eigenvalue weighted by molar-refractivity contribution is 8.00. The lowest BCUT2D eigenvalue weighted by Gasteiger charge is -2.13. The van der Waals surface area contributed by atoms with Crippen molar-refractivity contribution in [1.29, 1.82) is 0 Å². The van der Waals surface area contributed by atoms with Gasteiger partial charge in [-0.25, -0.2) is 18.5 Å². The lowest BCUT2D eigenvalue weighted by atomic mass is 10.3. The predicted molar refractivity (Wildman–Crippen MR) is 117 cm³/mol. The number of carbonyl (C=O) groups excluding carboxylic acids is 1. The minimum Gasteiger partial charge on any atom is -0.324 e. The predicted octanol–water partition coefficient (Wildman–Crippen LogP) is 4.13. The molecular weight excluding hydrogens is 455 g/mol. The Hall–Kier alpha value is -1.78. The first-order chi connectivity index (χ1) is 13.6. The minimum atomic E-state index is -3.83. The summed E-state index contributed by atoms with van der Waals surface area (Å²) in [5, 5.41) is 8.68. The maximum atomic E-state index is 12.6. The molecule has 0 saturated carbocycles. The van der Waals surface area contributed by atoms with Crippen molar-refractivity contribution in [3.63, 3.8) is 0 Å². The Labute approximate surface area is 182 Å². The van der Waals surface area contributed by atoms with Gasteiger partial charge in [-0.3, -0.25) is 4.79 Å². The van der Waals surface area contributed by atoms with Crippen molar-refractivity contribution in [3.05, 3.63) is 46.4 Å². The summed E-state index contributed by atoms with van der Waals surface area (Å²) in [4.78, 5) is 17.1. The van der Waals surface area contributed by atoms with Gasteiger partial charge in [-0.1, -0.05) is 41.0 Å². The average molecular weight is 473 g/mol. The van der Waals surface area contributed by atoms with Crippen molar-refractivity contribution in [1.82, 2.24) is 9.55 Å². The second-order valence-electron chi connectivity index (χ2n) is 6.18. The highest BCUT2D eigenvalue weighted by atomic mass is 35.5. The molecule has 3 aromatic rings. The topological polar surface area (TPSA) is 107 Å². The molecule has 3 N–H and O–H groups in total. The fourth-order valence-corrected chi connectivity index (χ4v) is 4.58. The number of amides is 1. The molecule has 11 heteroatoms. The van der Waals surface area contributed by atoms with Crippen LogP contribution in [0.3, 0.4) is 0 Å². The Morgan fingerprint density at radius 2 is 2.03 bits per heavy atom. The molecule has 29 heavy (non-hydrogen) atoms. The fourth-order valence-electron chi connectivity index (χ4n) is 2.71. The van der Waals surface area contributed by atoms with Crippen LogP contribution in [-0.4, -0.2) is 29.1 Å². The number of nitrogens with one attached hydrogen (secondary N) is 1. The Morgan fingerprint density at radius 1 is 1.31 bits per heavy atom. The van der Waals surface area contributed by atoms with E-state index in [1.807, 2.05) is 11.5 Å². The molecule has 2 aromatic carbocycles. The van der Waals surface area contributed by atoms with Gasteiger partial charge in [-0.15, -0.1) is 0 Å². The van der Waals surface area contributed by atoms with Gasteiger partial charge < -0.3 is 9.88 Å². The third-order valence-corrected chi connectivity index (χ3v) is 7.01. The van der Waals surface area contributed by atoms with Gasteiger partial charge in [0, 0.05) is 6.54 Å². The van der Waals surface area contributed by atoms with Crippen LogP contribution in [0.5, 0.6) is 0 Å². The molecule has 0 spiro atoms. The SMILES string of the molecule is CCn1c(SC(C)C(=O)Nc2cccc(Cl)c2Cl)nc2cc(S(N)(=O)=O)ccc21. The summed E-state index contributed by atoms with van der Waals surface area (Å²) in [5.74, 6) is -0.265. The van der Waals surface area contributed by atoms with Gasteiger partial charge >= 0.3 is 0 Å². The van der Waals surface area contributed by atoms with E-state index in [1.165, 1.54) is 23.9 Å². The first-order valence-electron chi connectivity index (χ1n) is 8.56. The second kappa shape index (κ2) is 8.53. The molecule has 0 aliphatic rings. The Balaban J connectivity index is 1.86. The summed E-state index contributed by atoms with van der Waals surface area (Å²) < 4.78 is 25.1. The van der Waals surface area contributed by atoms with Gasteiger partial charge in [-0.2, -0.15) is 0 Å². The van der Waals surface area contributed by atoms with Crippen LogP contribution in [0.1, 0.15) is 13.8 Å². The van der Waals surface area contributed by atoms with E-state index in [4.69, 9.17) is 28.3 Å². The number of aryl methyl sites for hydroxylation is 1. The number of halogens is 2. The number of thioether (sulfide) groups is 1. The Kier molecular flexibility index (Phi) is 6.45. The van der Waals surface area contributed by atoms with Gasteiger partial charge in [0.25, 0.3) is 0 Å². The zero-order chi connectivity index (χ0) is 21.3. The molecular formula is C18H18Cl2N4O3S2. The van der Waals surface area contributed by atoms with Crippen LogP contribution in [0.25, 0.3) is 11.0 Å². The molecule has 0 fully saturated rings. The number of imidazole rings is 1. The normalized spacial score (nSPS) is 12.9. The summed E-state index contributed by atoms with van der Waals surface area (Å²) >= 11 is 13.4. The number of aromatic nitrogens is 2. The summed E-state index contributed by atoms with van der Waals surface area (Å²) in [6.45, 7) is 4.28. The molecule has 3 rings (SSSR count). The largest absolute Gasteiger partial charge is 0.324 e. The van der Waals surface area contributed by atoms with Crippen LogP contribution in [0.15, 0.2) is 46.5 Å². The third kappa shape index (κ3) is 4.70. The van der Waals surface area contributed by atoms with E-state index in [2.05, 4.69) is 10.3 Å². The summed E-state index contributed by atoms with van der Waals surface area (Å²) in [6, 6.07) is 9.53. The summed E-state index contributed by atoms with van der Waals surface area (Å²) in [6.07, 6.45) is 0. The van der Waals surface area contributed by atoms with Gasteiger partial charge in [0.15, 0.2) is 5.16 Å². The zero-order valence-corrected chi connectivity index (χ0v) is 18.7. The van der Waals surface area contributed by atoms with E-state index in [0.717, 1.165) is 5.52 Å². The van der Waals surface area contributed by atoms with E-state index in [9.17, 15) is 13.2 Å². The van der Waals surface area contributed by atoms with E-state index >= 15 is 0 Å². The molecule has 1 unspecified atom stereocenters. The Bertz CT molecular complexity index is 1200. The highest BCUT2D eigenvalue weighted by Crippen LogP contribution is 2.32. The second-order valence-corrected chi connectivity index (χ2v) is 9.84. The number of fused-ring (bicyclic) bond motifs is 1. The molecule has 1 heterocycles. The first kappa shape index (κ1) is 21.9. The van der Waals surface area contributed by atoms with E-state index in [1.54, 1.807) is 31.2 Å². The number of nitrogens with two attached hydrogens (primary N) is 1. The van der Waals surface area contributed by atoms with E-state index in [-0.39, 0.29) is 15.8 Å². The van der Waals surface area contributed by atoms with Crippen LogP contribution in [-0.2, 0) is 21.4 Å². The van der Waals surface area contributed by atoms with Crippen LogP contribution in [0.4, 0.5) is 5.69 Å². The minimum absolute atomic E-state index is 0.0105. The van der Waals surface area contributed by atoms with Crippen LogP contribution >= 0.6 is 35.0 Å². The molecule has 7 nitrogen and oxygen atoms in total. The van der Waals surface area contributed by atoms with Gasteiger partial charge in [0.1, 0.15) is 0 Å². The van der Waals surface area contributed by atoms with Crippen LogP contribution in [0.2, 0.25) is 10.0 Å². The van der Waals surface area contributed by atoms with Gasteiger partial charge in [0.2, 0.25) is 15.9 Å².